The van der Waals surface area contributed by atoms with Crippen molar-refractivity contribution in [3.8, 4) is 0 Å². The fourth-order valence-electron chi connectivity index (χ4n) is 4.57. The van der Waals surface area contributed by atoms with Gasteiger partial charge in [-0.25, -0.2) is 4.79 Å². The number of amides is 2. The zero-order valence-corrected chi connectivity index (χ0v) is 17.6. The number of hydroxylamine groups is 2. The fourth-order valence-corrected chi connectivity index (χ4v) is 4.57. The molecule has 4 unspecified atom stereocenters. The van der Waals surface area contributed by atoms with E-state index in [0.29, 0.717) is 25.0 Å². The number of primary amides is 1. The van der Waals surface area contributed by atoms with E-state index < -0.39 is 6.03 Å². The van der Waals surface area contributed by atoms with Crippen molar-refractivity contribution in [2.24, 2.45) is 17.6 Å². The van der Waals surface area contributed by atoms with E-state index in [0.717, 1.165) is 25.7 Å². The van der Waals surface area contributed by atoms with Gasteiger partial charge in [0.25, 0.3) is 0 Å². The largest absolute Gasteiger partial charge is 0.352 e. The van der Waals surface area contributed by atoms with E-state index in [1.54, 1.807) is 0 Å². The summed E-state index contributed by atoms with van der Waals surface area (Å²) in [5.41, 5.74) is 6.45. The highest BCUT2D eigenvalue weighted by Crippen LogP contribution is 2.48. The van der Waals surface area contributed by atoms with Crippen molar-refractivity contribution in [1.82, 2.24) is 10.4 Å². The number of benzene rings is 1. The first kappa shape index (κ1) is 21.7. The van der Waals surface area contributed by atoms with Crippen LogP contribution in [0.4, 0.5) is 4.79 Å². The van der Waals surface area contributed by atoms with E-state index in [4.69, 9.17) is 10.6 Å². The van der Waals surface area contributed by atoms with Crippen molar-refractivity contribution in [1.29, 1.82) is 0 Å². The highest BCUT2D eigenvalue weighted by atomic mass is 16.7. The molecule has 2 rings (SSSR count). The average molecular weight is 376 g/mol. The van der Waals surface area contributed by atoms with Gasteiger partial charge in [0.1, 0.15) is 0 Å². The molecule has 2 amide bonds. The molecular formula is C22H37N3O2. The molecule has 1 aliphatic rings. The standard InChI is InChI=1S/C22H37N3O2/c1-6-21(4)15-19(16-24-20(23)26)17(3)22(5,7-2)25(21)27-14-13-18-11-9-8-10-12-18/h8-12,17,19H,6-7,13-16H2,1-5H3,(H3,23,24,26). The van der Waals surface area contributed by atoms with Crippen LogP contribution in [-0.2, 0) is 11.3 Å². The predicted octanol–water partition coefficient (Wildman–Crippen LogP) is 4.12. The Bertz CT molecular complexity index is 609. The summed E-state index contributed by atoms with van der Waals surface area (Å²) in [4.78, 5) is 17.7. The molecule has 0 aromatic heterocycles. The minimum atomic E-state index is -0.444. The number of nitrogens with zero attached hydrogens (tertiary/aromatic N) is 1. The summed E-state index contributed by atoms with van der Waals surface area (Å²) in [6, 6.07) is 10.0. The topological polar surface area (TPSA) is 67.6 Å². The number of rotatable bonds is 8. The molecule has 1 heterocycles. The average Bonchev–Trinajstić information content (AvgIpc) is 2.67. The van der Waals surface area contributed by atoms with Gasteiger partial charge in [-0.2, -0.15) is 5.06 Å². The first-order chi connectivity index (χ1) is 12.8. The first-order valence-corrected chi connectivity index (χ1v) is 10.3. The van der Waals surface area contributed by atoms with Gasteiger partial charge in [-0.15, -0.1) is 0 Å². The van der Waals surface area contributed by atoms with Gasteiger partial charge in [0, 0.05) is 17.6 Å². The number of carbonyl (C=O) groups is 1. The molecule has 1 aliphatic heterocycles. The molecule has 27 heavy (non-hydrogen) atoms. The van der Waals surface area contributed by atoms with Gasteiger partial charge < -0.3 is 11.1 Å². The lowest BCUT2D eigenvalue weighted by Gasteiger charge is -2.59. The maximum absolute atomic E-state index is 11.2. The van der Waals surface area contributed by atoms with Crippen LogP contribution in [0.1, 0.15) is 59.4 Å². The molecule has 0 saturated carbocycles. The van der Waals surface area contributed by atoms with Gasteiger partial charge in [-0.05, 0) is 56.9 Å². The summed E-state index contributed by atoms with van der Waals surface area (Å²) >= 11 is 0. The molecule has 1 aromatic carbocycles. The van der Waals surface area contributed by atoms with Gasteiger partial charge in [0.2, 0.25) is 0 Å². The van der Waals surface area contributed by atoms with Gasteiger partial charge >= 0.3 is 6.03 Å². The lowest BCUT2D eigenvalue weighted by Crippen LogP contribution is -2.67. The number of nitrogens with two attached hydrogens (primary N) is 1. The summed E-state index contributed by atoms with van der Waals surface area (Å²) in [5.74, 6) is 0.757. The number of hydrogen-bond acceptors (Lipinski definition) is 3. The Kier molecular flexibility index (Phi) is 7.29. The van der Waals surface area contributed by atoms with Gasteiger partial charge in [0.05, 0.1) is 6.61 Å². The van der Waals surface area contributed by atoms with E-state index in [1.165, 1.54) is 5.56 Å². The highest BCUT2D eigenvalue weighted by Gasteiger charge is 2.53. The van der Waals surface area contributed by atoms with Gasteiger partial charge in [-0.3, -0.25) is 4.84 Å². The molecule has 152 valence electrons. The number of hydrogen-bond donors (Lipinski definition) is 2. The Morgan fingerprint density at radius 2 is 1.93 bits per heavy atom. The summed E-state index contributed by atoms with van der Waals surface area (Å²) in [7, 11) is 0. The second-order valence-corrected chi connectivity index (χ2v) is 8.42. The first-order valence-electron chi connectivity index (χ1n) is 10.3. The molecule has 0 spiro atoms. The predicted molar refractivity (Wildman–Crippen MR) is 110 cm³/mol. The fraction of sp³-hybridized carbons (Fsp3) is 0.682. The maximum atomic E-state index is 11.2. The van der Waals surface area contributed by atoms with Crippen LogP contribution in [0.5, 0.6) is 0 Å². The molecule has 5 nitrogen and oxygen atoms in total. The van der Waals surface area contributed by atoms with Crippen LogP contribution < -0.4 is 11.1 Å². The van der Waals surface area contributed by atoms with Crippen LogP contribution in [0.25, 0.3) is 0 Å². The zero-order valence-electron chi connectivity index (χ0n) is 17.6. The van der Waals surface area contributed by atoms with Crippen LogP contribution in [0.15, 0.2) is 30.3 Å². The molecule has 4 atom stereocenters. The molecule has 5 heteroatoms. The van der Waals surface area contributed by atoms with Crippen molar-refractivity contribution in [3.63, 3.8) is 0 Å². The Balaban J connectivity index is 2.16. The summed E-state index contributed by atoms with van der Waals surface area (Å²) in [6.45, 7) is 12.6. The Hall–Kier alpha value is -1.59. The number of nitrogens with one attached hydrogen (secondary N) is 1. The quantitative estimate of drug-likeness (QED) is 0.718. The van der Waals surface area contributed by atoms with E-state index in [2.05, 4.69) is 69.3 Å². The second kappa shape index (κ2) is 9.07. The lowest BCUT2D eigenvalue weighted by atomic mass is 9.65. The van der Waals surface area contributed by atoms with Crippen molar-refractivity contribution in [2.45, 2.75) is 71.4 Å². The smallest absolute Gasteiger partial charge is 0.312 e. The summed E-state index contributed by atoms with van der Waals surface area (Å²) < 4.78 is 0. The SMILES string of the molecule is CCC1(C)CC(CNC(N)=O)C(C)C(C)(CC)N1OCCc1ccccc1. The van der Waals surface area contributed by atoms with Crippen molar-refractivity contribution < 1.29 is 9.63 Å². The molecular weight excluding hydrogens is 338 g/mol. The van der Waals surface area contributed by atoms with Gasteiger partial charge in [0.15, 0.2) is 0 Å². The maximum Gasteiger partial charge on any atom is 0.312 e. The van der Waals surface area contributed by atoms with Crippen LogP contribution in [0.2, 0.25) is 0 Å². The van der Waals surface area contributed by atoms with Crippen LogP contribution in [0, 0.1) is 11.8 Å². The van der Waals surface area contributed by atoms with E-state index in [1.807, 2.05) is 6.07 Å². The minimum absolute atomic E-state index is 0.0715. The normalized spacial score (nSPS) is 31.6. The van der Waals surface area contributed by atoms with Crippen molar-refractivity contribution >= 4 is 6.03 Å². The van der Waals surface area contributed by atoms with E-state index >= 15 is 0 Å². The molecule has 0 bridgehead atoms. The number of piperidine rings is 1. The summed E-state index contributed by atoms with van der Waals surface area (Å²) in [6.07, 6.45) is 3.86. The van der Waals surface area contributed by atoms with E-state index in [-0.39, 0.29) is 11.1 Å². The molecule has 3 N–H and O–H groups in total. The van der Waals surface area contributed by atoms with Crippen LogP contribution in [-0.4, -0.2) is 35.3 Å². The van der Waals surface area contributed by atoms with Crippen molar-refractivity contribution in [3.05, 3.63) is 35.9 Å². The van der Waals surface area contributed by atoms with Crippen LogP contribution >= 0.6 is 0 Å². The third-order valence-corrected chi connectivity index (χ3v) is 6.81. The third-order valence-electron chi connectivity index (χ3n) is 6.81. The minimum Gasteiger partial charge on any atom is -0.352 e. The third kappa shape index (κ3) is 4.82. The Morgan fingerprint density at radius 3 is 2.48 bits per heavy atom. The molecule has 0 radical (unpaired) electrons. The van der Waals surface area contributed by atoms with Crippen LogP contribution in [0.3, 0.4) is 0 Å². The van der Waals surface area contributed by atoms with Gasteiger partial charge in [-0.1, -0.05) is 51.1 Å². The molecule has 1 fully saturated rings. The second-order valence-electron chi connectivity index (χ2n) is 8.42. The number of carbonyl (C=O) groups excluding carboxylic acids is 1. The zero-order chi connectivity index (χ0) is 20.1. The van der Waals surface area contributed by atoms with Crippen molar-refractivity contribution in [2.75, 3.05) is 13.2 Å². The highest BCUT2D eigenvalue weighted by molar-refractivity contribution is 5.71. The van der Waals surface area contributed by atoms with E-state index in [9.17, 15) is 4.79 Å². The molecule has 1 aromatic rings. The molecule has 0 aliphatic carbocycles. The lowest BCUT2D eigenvalue weighted by molar-refractivity contribution is -0.311. The Morgan fingerprint density at radius 1 is 1.26 bits per heavy atom. The summed E-state index contributed by atoms with van der Waals surface area (Å²) in [5, 5.41) is 5.11. The number of urea groups is 1. The Labute approximate surface area is 164 Å². The molecule has 1 saturated heterocycles. The monoisotopic (exact) mass is 375 g/mol.